The first-order valence-electron chi connectivity index (χ1n) is 9.17. The molecule has 30 heavy (non-hydrogen) atoms. The lowest BCUT2D eigenvalue weighted by Gasteiger charge is -2.16. The van der Waals surface area contributed by atoms with Crippen LogP contribution in [0.4, 0.5) is 11.5 Å². The van der Waals surface area contributed by atoms with E-state index in [-0.39, 0.29) is 28.2 Å². The summed E-state index contributed by atoms with van der Waals surface area (Å²) in [4.78, 5) is 49.8. The largest absolute Gasteiger partial charge is 0.384 e. The second kappa shape index (κ2) is 7.00. The molecule has 2 aromatic carbocycles. The molecule has 3 aromatic rings. The van der Waals surface area contributed by atoms with Crippen molar-refractivity contribution in [1.82, 2.24) is 9.88 Å². The van der Waals surface area contributed by atoms with Crippen molar-refractivity contribution in [2.24, 2.45) is 0 Å². The molecule has 8 nitrogen and oxygen atoms in total. The van der Waals surface area contributed by atoms with Crippen LogP contribution in [0.15, 0.2) is 53.3 Å². The van der Waals surface area contributed by atoms with Crippen molar-refractivity contribution in [2.75, 3.05) is 11.1 Å². The van der Waals surface area contributed by atoms with Crippen molar-refractivity contribution in [3.05, 3.63) is 86.7 Å². The first-order chi connectivity index (χ1) is 14.3. The van der Waals surface area contributed by atoms with E-state index in [1.54, 1.807) is 24.3 Å². The Morgan fingerprint density at radius 3 is 2.50 bits per heavy atom. The molecule has 0 radical (unpaired) electrons. The van der Waals surface area contributed by atoms with Gasteiger partial charge in [-0.3, -0.25) is 29.1 Å². The summed E-state index contributed by atoms with van der Waals surface area (Å²) in [7, 11) is 0. The first kappa shape index (κ1) is 19.1. The minimum atomic E-state index is -0.682. The third kappa shape index (κ3) is 3.04. The number of hydrogen-bond donors (Lipinski definition) is 3. The number of pyridine rings is 1. The zero-order valence-electron chi connectivity index (χ0n) is 16.3. The molecular formula is C22H18N4O4. The lowest BCUT2D eigenvalue weighted by molar-refractivity contribution is 0.0879. The van der Waals surface area contributed by atoms with E-state index in [1.807, 2.05) is 32.0 Å². The lowest BCUT2D eigenvalue weighted by atomic mass is 10.1. The zero-order valence-corrected chi connectivity index (χ0v) is 16.3. The normalized spacial score (nSPS) is 12.5. The Morgan fingerprint density at radius 1 is 1.00 bits per heavy atom. The monoisotopic (exact) mass is 402 g/mol. The Balaban J connectivity index is 1.84. The average Bonchev–Trinajstić information content (AvgIpc) is 2.98. The van der Waals surface area contributed by atoms with Crippen LogP contribution in [-0.4, -0.2) is 22.3 Å². The number of nitrogens with one attached hydrogen (secondary N) is 2. The summed E-state index contributed by atoms with van der Waals surface area (Å²) >= 11 is 0. The number of fused-ring (bicyclic) bond motifs is 1. The summed E-state index contributed by atoms with van der Waals surface area (Å²) in [6, 6.07) is 13.1. The highest BCUT2D eigenvalue weighted by molar-refractivity contribution is 6.23. The van der Waals surface area contributed by atoms with Gasteiger partial charge < -0.3 is 11.1 Å². The quantitative estimate of drug-likeness (QED) is 0.580. The van der Waals surface area contributed by atoms with E-state index in [9.17, 15) is 19.2 Å². The Kier molecular flexibility index (Phi) is 4.46. The highest BCUT2D eigenvalue weighted by atomic mass is 16.2. The topological polar surface area (TPSA) is 123 Å². The van der Waals surface area contributed by atoms with Gasteiger partial charge in [-0.25, -0.2) is 0 Å². The van der Waals surface area contributed by atoms with E-state index in [0.29, 0.717) is 5.69 Å². The van der Waals surface area contributed by atoms with Crippen LogP contribution in [0.5, 0.6) is 0 Å². The maximum Gasteiger partial charge on any atom is 0.262 e. The van der Waals surface area contributed by atoms with Gasteiger partial charge in [-0.1, -0.05) is 24.3 Å². The Labute approximate surface area is 171 Å². The summed E-state index contributed by atoms with van der Waals surface area (Å²) in [6.45, 7) is 3.79. The molecule has 1 aliphatic heterocycles. The number of nitrogens with zero attached hydrogens (tertiary/aromatic N) is 1. The first-order valence-corrected chi connectivity index (χ1v) is 9.17. The molecule has 4 N–H and O–H groups in total. The molecule has 0 bridgehead atoms. The zero-order chi connectivity index (χ0) is 21.6. The summed E-state index contributed by atoms with van der Waals surface area (Å²) in [5.41, 5.74) is 8.24. The molecule has 0 saturated carbocycles. The van der Waals surface area contributed by atoms with Gasteiger partial charge in [-0.05, 0) is 43.2 Å². The molecule has 8 heteroatoms. The number of aryl methyl sites for hydroxylation is 2. The van der Waals surface area contributed by atoms with Crippen LogP contribution in [0.3, 0.4) is 0 Å². The number of para-hydroxylation sites is 1. The molecule has 1 aromatic heterocycles. The van der Waals surface area contributed by atoms with Crippen molar-refractivity contribution >= 4 is 29.2 Å². The van der Waals surface area contributed by atoms with Crippen LogP contribution < -0.4 is 21.9 Å². The molecule has 0 atom stereocenters. The molecule has 2 heterocycles. The summed E-state index contributed by atoms with van der Waals surface area (Å²) in [5.74, 6) is -2.00. The number of carbonyl (C=O) groups excluding carboxylic acids is 3. The second-order valence-electron chi connectivity index (χ2n) is 7.06. The molecular weight excluding hydrogens is 384 g/mol. The van der Waals surface area contributed by atoms with Gasteiger partial charge >= 0.3 is 0 Å². The summed E-state index contributed by atoms with van der Waals surface area (Å²) in [6.07, 6.45) is 0. The van der Waals surface area contributed by atoms with Gasteiger partial charge in [0.05, 0.1) is 22.4 Å². The third-order valence-electron chi connectivity index (χ3n) is 4.98. The molecule has 1 aliphatic rings. The Bertz CT molecular complexity index is 1310. The van der Waals surface area contributed by atoms with Crippen LogP contribution in [0, 0.1) is 13.8 Å². The number of nitrogen functional groups attached to an aromatic ring is 1. The molecule has 3 amide bonds. The molecule has 150 valence electrons. The van der Waals surface area contributed by atoms with Gasteiger partial charge in [0.2, 0.25) is 0 Å². The highest BCUT2D eigenvalue weighted by Gasteiger charge is 2.32. The number of nitrogens with two attached hydrogens (primary N) is 1. The van der Waals surface area contributed by atoms with E-state index in [4.69, 9.17) is 5.73 Å². The minimum absolute atomic E-state index is 0.0731. The van der Waals surface area contributed by atoms with Crippen molar-refractivity contribution in [3.63, 3.8) is 0 Å². The van der Waals surface area contributed by atoms with Gasteiger partial charge in [-0.15, -0.1) is 0 Å². The second-order valence-corrected chi connectivity index (χ2v) is 7.06. The third-order valence-corrected chi connectivity index (χ3v) is 4.98. The van der Waals surface area contributed by atoms with Gasteiger partial charge in [0, 0.05) is 11.8 Å². The number of benzene rings is 2. The van der Waals surface area contributed by atoms with Crippen LogP contribution in [-0.2, 0) is 0 Å². The summed E-state index contributed by atoms with van der Waals surface area (Å²) in [5, 5.41) is 4.98. The van der Waals surface area contributed by atoms with E-state index in [2.05, 4.69) is 10.6 Å². The van der Waals surface area contributed by atoms with Gasteiger partial charge in [0.1, 0.15) is 5.82 Å². The van der Waals surface area contributed by atoms with Crippen LogP contribution >= 0.6 is 0 Å². The van der Waals surface area contributed by atoms with Crippen LogP contribution in [0.25, 0.3) is 5.69 Å². The van der Waals surface area contributed by atoms with Crippen molar-refractivity contribution < 1.29 is 14.4 Å². The SMILES string of the molecule is Cc1ccc(C)c(NC(=O)c2ccccc2-n2c(N)c3c(cc2=O)C(=O)NC3=O)c1. The Morgan fingerprint density at radius 2 is 1.73 bits per heavy atom. The van der Waals surface area contributed by atoms with Crippen molar-refractivity contribution in [2.45, 2.75) is 13.8 Å². The van der Waals surface area contributed by atoms with E-state index >= 15 is 0 Å². The van der Waals surface area contributed by atoms with Gasteiger partial charge in [0.15, 0.2) is 0 Å². The highest BCUT2D eigenvalue weighted by Crippen LogP contribution is 2.25. The smallest absolute Gasteiger partial charge is 0.262 e. The Hall–Kier alpha value is -4.20. The standard InChI is InChI=1S/C22H18N4O4/c1-11-7-8-12(2)15(9-11)24-20(28)13-5-3-4-6-16(13)26-17(27)10-14-18(19(26)23)22(30)25-21(14)29/h3-10H,23H2,1-2H3,(H,24,28)(H,25,29,30). The molecule has 0 spiro atoms. The summed E-state index contributed by atoms with van der Waals surface area (Å²) < 4.78 is 1.06. The van der Waals surface area contributed by atoms with Crippen LogP contribution in [0.2, 0.25) is 0 Å². The van der Waals surface area contributed by atoms with Crippen molar-refractivity contribution in [3.8, 4) is 5.69 Å². The van der Waals surface area contributed by atoms with Gasteiger partial charge in [-0.2, -0.15) is 0 Å². The number of hydrogen-bond acceptors (Lipinski definition) is 5. The number of carbonyl (C=O) groups is 3. The average molecular weight is 402 g/mol. The molecule has 4 rings (SSSR count). The number of anilines is 2. The number of rotatable bonds is 3. The van der Waals surface area contributed by atoms with E-state index in [0.717, 1.165) is 21.8 Å². The molecule has 0 aliphatic carbocycles. The molecule has 0 fully saturated rings. The van der Waals surface area contributed by atoms with Gasteiger partial charge in [0.25, 0.3) is 23.3 Å². The fourth-order valence-electron chi connectivity index (χ4n) is 3.45. The van der Waals surface area contributed by atoms with Crippen LogP contribution in [0.1, 0.15) is 42.2 Å². The molecule has 0 unspecified atom stereocenters. The van der Waals surface area contributed by atoms with E-state index in [1.165, 1.54) is 0 Å². The maximum absolute atomic E-state index is 13.0. The van der Waals surface area contributed by atoms with Crippen molar-refractivity contribution in [1.29, 1.82) is 0 Å². The predicted molar refractivity (Wildman–Crippen MR) is 112 cm³/mol. The lowest BCUT2D eigenvalue weighted by Crippen LogP contribution is -2.26. The fraction of sp³-hybridized carbons (Fsp3) is 0.0909. The minimum Gasteiger partial charge on any atom is -0.384 e. The fourth-order valence-corrected chi connectivity index (χ4v) is 3.45. The maximum atomic E-state index is 13.0. The molecule has 0 saturated heterocycles. The number of aromatic nitrogens is 1. The predicted octanol–water partition coefficient (Wildman–Crippen LogP) is 2.17. The van der Waals surface area contributed by atoms with E-state index < -0.39 is 23.3 Å². The number of amides is 3. The number of imide groups is 1.